The summed E-state index contributed by atoms with van der Waals surface area (Å²) in [7, 11) is 0. The minimum absolute atomic E-state index is 0.0740. The lowest BCUT2D eigenvalue weighted by molar-refractivity contribution is -0.143. The molecule has 3 aromatic rings. The van der Waals surface area contributed by atoms with Gasteiger partial charge in [0.05, 0.1) is 0 Å². The molecule has 168 valence electrons. The maximum Gasteiger partial charge on any atom is 0.422 e. The first-order valence-corrected chi connectivity index (χ1v) is 9.33. The van der Waals surface area contributed by atoms with E-state index in [4.69, 9.17) is 0 Å². The molecular formula is C23H15F7O2. The molecule has 0 radical (unpaired) electrons. The molecule has 0 aliphatic heterocycles. The lowest BCUT2D eigenvalue weighted by atomic mass is 9.93. The summed E-state index contributed by atoms with van der Waals surface area (Å²) < 4.78 is 94.0. The van der Waals surface area contributed by atoms with Crippen molar-refractivity contribution in [2.45, 2.75) is 32.4 Å². The number of benzene rings is 3. The van der Waals surface area contributed by atoms with Gasteiger partial charge in [-0.1, -0.05) is 36.4 Å². The normalized spacial score (nSPS) is 11.8. The molecule has 9 heteroatoms. The molecular weight excluding hydrogens is 441 g/mol. The summed E-state index contributed by atoms with van der Waals surface area (Å²) in [6.45, 7) is 1.37. The fraction of sp³-hybridized carbons (Fsp3) is 0.217. The van der Waals surface area contributed by atoms with Crippen LogP contribution >= 0.6 is 0 Å². The predicted molar refractivity (Wildman–Crippen MR) is 102 cm³/mol. The van der Waals surface area contributed by atoms with Crippen LogP contribution in [0.1, 0.15) is 29.2 Å². The minimum atomic E-state index is -5.66. The number of Topliss-reactive ketones (excluding diaryl/α,β-unsaturated/α-hetero) is 2. The molecule has 3 rings (SSSR count). The second-order valence-electron chi connectivity index (χ2n) is 7.35. The number of hydrogen-bond acceptors (Lipinski definition) is 2. The van der Waals surface area contributed by atoms with E-state index in [1.807, 2.05) is 0 Å². The van der Waals surface area contributed by atoms with E-state index in [0.29, 0.717) is 21.9 Å². The van der Waals surface area contributed by atoms with Crippen LogP contribution in [-0.4, -0.2) is 11.6 Å². The zero-order chi connectivity index (χ0) is 23.8. The highest BCUT2D eigenvalue weighted by molar-refractivity contribution is 5.93. The molecule has 2 nitrogen and oxygen atoms in total. The average Bonchev–Trinajstić information content (AvgIpc) is 2.68. The third-order valence-corrected chi connectivity index (χ3v) is 4.86. The van der Waals surface area contributed by atoms with Crippen molar-refractivity contribution in [3.05, 3.63) is 81.9 Å². The van der Waals surface area contributed by atoms with Crippen LogP contribution in [0.25, 0.3) is 10.8 Å². The first-order chi connectivity index (χ1) is 14.9. The van der Waals surface area contributed by atoms with Gasteiger partial charge in [0.2, 0.25) is 0 Å². The number of fused-ring (bicyclic) bond motifs is 1. The van der Waals surface area contributed by atoms with Crippen molar-refractivity contribution in [2.75, 3.05) is 0 Å². The second-order valence-corrected chi connectivity index (χ2v) is 7.35. The third-order valence-electron chi connectivity index (χ3n) is 4.86. The quantitative estimate of drug-likeness (QED) is 0.342. The van der Waals surface area contributed by atoms with Crippen molar-refractivity contribution in [1.29, 1.82) is 0 Å². The van der Waals surface area contributed by atoms with Crippen LogP contribution in [0.15, 0.2) is 36.4 Å². The first-order valence-electron chi connectivity index (χ1n) is 9.33. The van der Waals surface area contributed by atoms with E-state index in [2.05, 4.69) is 0 Å². The van der Waals surface area contributed by atoms with Gasteiger partial charge in [-0.2, -0.15) is 13.2 Å². The van der Waals surface area contributed by atoms with E-state index in [0.717, 1.165) is 0 Å². The van der Waals surface area contributed by atoms with Gasteiger partial charge in [-0.25, -0.2) is 17.6 Å². The molecule has 0 unspecified atom stereocenters. The Morgan fingerprint density at radius 2 is 1.41 bits per heavy atom. The van der Waals surface area contributed by atoms with Gasteiger partial charge in [0.1, 0.15) is 17.1 Å². The van der Waals surface area contributed by atoms with Crippen LogP contribution in [0.5, 0.6) is 0 Å². The number of alkyl halides is 3. The van der Waals surface area contributed by atoms with E-state index in [-0.39, 0.29) is 12.2 Å². The Morgan fingerprint density at radius 1 is 0.812 bits per heavy atom. The van der Waals surface area contributed by atoms with Crippen molar-refractivity contribution in [3.63, 3.8) is 0 Å². The van der Waals surface area contributed by atoms with Crippen LogP contribution in [0.2, 0.25) is 0 Å². The maximum atomic E-state index is 14.1. The lowest BCUT2D eigenvalue weighted by Crippen LogP contribution is -2.19. The number of halogens is 7. The number of rotatable bonds is 6. The summed E-state index contributed by atoms with van der Waals surface area (Å²) in [5.74, 6) is -10.8. The molecule has 3 aromatic carbocycles. The van der Waals surface area contributed by atoms with Crippen LogP contribution in [-0.2, 0) is 35.0 Å². The summed E-state index contributed by atoms with van der Waals surface area (Å²) in [4.78, 5) is 24.0. The molecule has 0 heterocycles. The van der Waals surface area contributed by atoms with Crippen molar-refractivity contribution in [2.24, 2.45) is 0 Å². The summed E-state index contributed by atoms with van der Waals surface area (Å²) in [5.41, 5.74) is -3.12. The van der Waals surface area contributed by atoms with Crippen LogP contribution < -0.4 is 0 Å². The molecule has 0 amide bonds. The largest absolute Gasteiger partial charge is 0.422 e. The fourth-order valence-electron chi connectivity index (χ4n) is 3.55. The summed E-state index contributed by atoms with van der Waals surface area (Å²) in [6, 6.07) is 10.1. The highest BCUT2D eigenvalue weighted by Crippen LogP contribution is 2.37. The van der Waals surface area contributed by atoms with Gasteiger partial charge >= 0.3 is 6.18 Å². The highest BCUT2D eigenvalue weighted by Gasteiger charge is 2.42. The van der Waals surface area contributed by atoms with E-state index < -0.39 is 59.2 Å². The SMILES string of the molecule is CC(=O)Cc1cc(CC(=O)Cc2c(F)c(F)c(C(F)(F)F)c(F)c2F)c2ccccc2c1. The van der Waals surface area contributed by atoms with Gasteiger partial charge in [0.15, 0.2) is 23.3 Å². The molecule has 0 aliphatic carbocycles. The molecule has 0 spiro atoms. The minimum Gasteiger partial charge on any atom is -0.300 e. The Balaban J connectivity index is 1.98. The Hall–Kier alpha value is -3.23. The van der Waals surface area contributed by atoms with Gasteiger partial charge in [-0.05, 0) is 28.8 Å². The van der Waals surface area contributed by atoms with Crippen molar-refractivity contribution >= 4 is 22.3 Å². The van der Waals surface area contributed by atoms with Crippen molar-refractivity contribution in [1.82, 2.24) is 0 Å². The van der Waals surface area contributed by atoms with Crippen molar-refractivity contribution in [3.8, 4) is 0 Å². The Morgan fingerprint density at radius 3 is 1.97 bits per heavy atom. The number of hydrogen-bond donors (Lipinski definition) is 0. The van der Waals surface area contributed by atoms with Gasteiger partial charge in [0, 0.05) is 24.8 Å². The van der Waals surface area contributed by atoms with Crippen LogP contribution in [0.3, 0.4) is 0 Å². The molecule has 32 heavy (non-hydrogen) atoms. The van der Waals surface area contributed by atoms with E-state index in [9.17, 15) is 40.3 Å². The lowest BCUT2D eigenvalue weighted by Gasteiger charge is -2.14. The summed E-state index contributed by atoms with van der Waals surface area (Å²) in [5, 5.41) is 1.30. The molecule has 0 atom stereocenters. The molecule has 0 N–H and O–H groups in total. The third kappa shape index (κ3) is 4.66. The van der Waals surface area contributed by atoms with Crippen LogP contribution in [0.4, 0.5) is 30.7 Å². The van der Waals surface area contributed by atoms with Gasteiger partial charge < -0.3 is 0 Å². The Bertz CT molecular complexity index is 1200. The monoisotopic (exact) mass is 456 g/mol. The first kappa shape index (κ1) is 23.4. The average molecular weight is 456 g/mol. The summed E-state index contributed by atoms with van der Waals surface area (Å²) >= 11 is 0. The molecule has 0 fully saturated rings. The van der Waals surface area contributed by atoms with E-state index in [1.165, 1.54) is 6.92 Å². The van der Waals surface area contributed by atoms with E-state index in [1.54, 1.807) is 36.4 Å². The fourth-order valence-corrected chi connectivity index (χ4v) is 3.55. The van der Waals surface area contributed by atoms with Gasteiger partial charge in [-0.15, -0.1) is 0 Å². The predicted octanol–water partition coefficient (Wildman–Crippen LogP) is 5.90. The second kappa shape index (κ2) is 8.72. The Kier molecular flexibility index (Phi) is 6.39. The molecule has 0 aliphatic rings. The number of carbonyl (C=O) groups is 2. The highest BCUT2D eigenvalue weighted by atomic mass is 19.4. The smallest absolute Gasteiger partial charge is 0.300 e. The molecule has 0 aromatic heterocycles. The van der Waals surface area contributed by atoms with Gasteiger partial charge in [-0.3, -0.25) is 9.59 Å². The molecule has 0 bridgehead atoms. The maximum absolute atomic E-state index is 14.1. The summed E-state index contributed by atoms with van der Waals surface area (Å²) in [6.07, 6.45) is -7.16. The Labute approximate surface area is 177 Å². The molecule has 0 saturated carbocycles. The van der Waals surface area contributed by atoms with Crippen LogP contribution in [0, 0.1) is 23.3 Å². The molecule has 0 saturated heterocycles. The zero-order valence-corrected chi connectivity index (χ0v) is 16.5. The van der Waals surface area contributed by atoms with E-state index >= 15 is 0 Å². The number of ketones is 2. The number of carbonyl (C=O) groups excluding carboxylic acids is 2. The zero-order valence-electron chi connectivity index (χ0n) is 16.5. The van der Waals surface area contributed by atoms with Crippen molar-refractivity contribution < 1.29 is 40.3 Å². The van der Waals surface area contributed by atoms with Gasteiger partial charge in [0.25, 0.3) is 0 Å². The topological polar surface area (TPSA) is 34.1 Å². The standard InChI is InChI=1S/C23H15F7O2/c1-11(31)6-12-7-13-4-2-3-5-16(13)14(8-12)9-15(32)10-17-19(24)21(26)18(23(28,29)30)22(27)20(17)25/h2-5,7-8H,6,9-10H2,1H3.